The summed E-state index contributed by atoms with van der Waals surface area (Å²) in [6, 6.07) is 3.79. The van der Waals surface area contributed by atoms with Crippen LogP contribution in [0.1, 0.15) is 10.4 Å². The second kappa shape index (κ2) is 4.14. The van der Waals surface area contributed by atoms with Crippen LogP contribution < -0.4 is 5.73 Å². The highest BCUT2D eigenvalue weighted by molar-refractivity contribution is 6.01. The van der Waals surface area contributed by atoms with E-state index >= 15 is 0 Å². The van der Waals surface area contributed by atoms with Crippen molar-refractivity contribution >= 4 is 22.5 Å². The van der Waals surface area contributed by atoms with Gasteiger partial charge in [0.05, 0.1) is 17.3 Å². The average molecular weight is 278 g/mol. The van der Waals surface area contributed by atoms with E-state index in [0.717, 1.165) is 22.2 Å². The predicted molar refractivity (Wildman–Crippen MR) is 76.6 cm³/mol. The fourth-order valence-electron chi connectivity index (χ4n) is 2.44. The van der Waals surface area contributed by atoms with E-state index in [1.54, 1.807) is 16.9 Å². The van der Waals surface area contributed by atoms with Crippen molar-refractivity contribution in [2.24, 2.45) is 5.73 Å². The van der Waals surface area contributed by atoms with Crippen molar-refractivity contribution in [1.82, 2.24) is 24.6 Å². The minimum Gasteiger partial charge on any atom is -0.365 e. The lowest BCUT2D eigenvalue weighted by atomic mass is 10.1. The summed E-state index contributed by atoms with van der Waals surface area (Å²) >= 11 is 0. The fourth-order valence-corrected chi connectivity index (χ4v) is 2.44. The summed E-state index contributed by atoms with van der Waals surface area (Å²) in [4.78, 5) is 22.7. The Labute approximate surface area is 118 Å². The summed E-state index contributed by atoms with van der Waals surface area (Å²) in [6.07, 6.45) is 8.38. The van der Waals surface area contributed by atoms with E-state index in [1.165, 1.54) is 12.5 Å². The van der Waals surface area contributed by atoms with Crippen LogP contribution in [0.25, 0.3) is 27.7 Å². The molecule has 0 aliphatic rings. The number of pyridine rings is 1. The third-order valence-electron chi connectivity index (χ3n) is 3.45. The molecule has 4 rings (SSSR count). The van der Waals surface area contributed by atoms with Gasteiger partial charge in [-0.15, -0.1) is 0 Å². The van der Waals surface area contributed by atoms with E-state index in [4.69, 9.17) is 5.73 Å². The molecule has 0 aromatic carbocycles. The quantitative estimate of drug-likeness (QED) is 0.578. The molecule has 4 aromatic rings. The lowest BCUT2D eigenvalue weighted by molar-refractivity contribution is 0.100. The summed E-state index contributed by atoms with van der Waals surface area (Å²) in [5.41, 5.74) is 9.10. The van der Waals surface area contributed by atoms with Crippen LogP contribution >= 0.6 is 0 Å². The standard InChI is InChI=1S/C14H10N6O/c15-13(21)11-6-19-20-2-1-8(3-12(11)20)9-5-17-14-10(9)4-16-7-18-14/h1-7H,(H2,15,21)(H,16,17,18). The summed E-state index contributed by atoms with van der Waals surface area (Å²) < 4.78 is 1.62. The number of H-pyrrole nitrogens is 1. The van der Waals surface area contributed by atoms with Crippen LogP contribution in [0.15, 0.2) is 43.2 Å². The highest BCUT2D eigenvalue weighted by Crippen LogP contribution is 2.28. The molecule has 0 radical (unpaired) electrons. The molecular formula is C14H10N6O. The number of fused-ring (bicyclic) bond motifs is 2. The molecule has 7 heteroatoms. The molecule has 0 aliphatic heterocycles. The Morgan fingerprint density at radius 3 is 3.10 bits per heavy atom. The van der Waals surface area contributed by atoms with Crippen molar-refractivity contribution in [3.63, 3.8) is 0 Å². The largest absolute Gasteiger partial charge is 0.365 e. The number of carbonyl (C=O) groups is 1. The summed E-state index contributed by atoms with van der Waals surface area (Å²) in [5.74, 6) is -0.496. The molecule has 0 fully saturated rings. The SMILES string of the molecule is NC(=O)c1cnn2ccc(-c3c[nH]c4ncncc34)cc12. The van der Waals surface area contributed by atoms with Crippen molar-refractivity contribution in [1.29, 1.82) is 0 Å². The lowest BCUT2D eigenvalue weighted by Gasteiger charge is -2.01. The lowest BCUT2D eigenvalue weighted by Crippen LogP contribution is -2.10. The third kappa shape index (κ3) is 1.68. The Hall–Kier alpha value is -3.22. The van der Waals surface area contributed by atoms with E-state index in [1.807, 2.05) is 18.3 Å². The number of aromatic nitrogens is 5. The van der Waals surface area contributed by atoms with Crippen LogP contribution in [-0.4, -0.2) is 30.5 Å². The number of nitrogens with one attached hydrogen (secondary N) is 1. The zero-order valence-corrected chi connectivity index (χ0v) is 10.8. The predicted octanol–water partition coefficient (Wildman–Crippen LogP) is 1.37. The molecule has 1 amide bonds. The smallest absolute Gasteiger partial charge is 0.252 e. The normalized spacial score (nSPS) is 11.2. The molecule has 7 nitrogen and oxygen atoms in total. The second-order valence-corrected chi connectivity index (χ2v) is 4.66. The number of carbonyl (C=O) groups excluding carboxylic acids is 1. The zero-order valence-electron chi connectivity index (χ0n) is 10.8. The molecule has 4 aromatic heterocycles. The molecule has 0 unspecified atom stereocenters. The van der Waals surface area contributed by atoms with Crippen LogP contribution in [0.4, 0.5) is 0 Å². The van der Waals surface area contributed by atoms with Gasteiger partial charge in [-0.3, -0.25) is 4.79 Å². The average Bonchev–Trinajstić information content (AvgIpc) is 3.10. The Morgan fingerprint density at radius 1 is 1.33 bits per heavy atom. The maximum Gasteiger partial charge on any atom is 0.252 e. The molecule has 0 saturated heterocycles. The molecule has 0 bridgehead atoms. The van der Waals surface area contributed by atoms with Gasteiger partial charge in [0.1, 0.15) is 12.0 Å². The van der Waals surface area contributed by atoms with Crippen molar-refractivity contribution < 1.29 is 4.79 Å². The molecule has 0 aliphatic carbocycles. The van der Waals surface area contributed by atoms with Gasteiger partial charge in [0.15, 0.2) is 0 Å². The number of hydrogen-bond donors (Lipinski definition) is 2. The fraction of sp³-hybridized carbons (Fsp3) is 0. The van der Waals surface area contributed by atoms with E-state index in [9.17, 15) is 4.79 Å². The van der Waals surface area contributed by atoms with Gasteiger partial charge >= 0.3 is 0 Å². The Balaban J connectivity index is 1.98. The van der Waals surface area contributed by atoms with E-state index in [2.05, 4.69) is 20.1 Å². The minimum absolute atomic E-state index is 0.396. The molecule has 0 spiro atoms. The third-order valence-corrected chi connectivity index (χ3v) is 3.45. The van der Waals surface area contributed by atoms with E-state index in [0.29, 0.717) is 11.1 Å². The van der Waals surface area contributed by atoms with Gasteiger partial charge in [0, 0.05) is 29.5 Å². The van der Waals surface area contributed by atoms with Crippen molar-refractivity contribution in [3.8, 4) is 11.1 Å². The number of aromatic amines is 1. The Kier molecular flexibility index (Phi) is 2.28. The van der Waals surface area contributed by atoms with E-state index < -0.39 is 5.91 Å². The highest BCUT2D eigenvalue weighted by Gasteiger charge is 2.12. The van der Waals surface area contributed by atoms with Crippen LogP contribution in [0.3, 0.4) is 0 Å². The van der Waals surface area contributed by atoms with Crippen molar-refractivity contribution in [2.75, 3.05) is 0 Å². The molecular weight excluding hydrogens is 268 g/mol. The van der Waals surface area contributed by atoms with Crippen LogP contribution in [0, 0.1) is 0 Å². The molecule has 102 valence electrons. The van der Waals surface area contributed by atoms with E-state index in [-0.39, 0.29) is 0 Å². The number of primary amides is 1. The summed E-state index contributed by atoms with van der Waals surface area (Å²) in [7, 11) is 0. The maximum absolute atomic E-state index is 11.4. The topological polar surface area (TPSA) is 102 Å². The first-order chi connectivity index (χ1) is 10.2. The number of nitrogens with zero attached hydrogens (tertiary/aromatic N) is 4. The number of amides is 1. The minimum atomic E-state index is -0.496. The molecule has 21 heavy (non-hydrogen) atoms. The number of rotatable bonds is 2. The van der Waals surface area contributed by atoms with Gasteiger partial charge in [0.25, 0.3) is 5.91 Å². The maximum atomic E-state index is 11.4. The zero-order chi connectivity index (χ0) is 14.4. The van der Waals surface area contributed by atoms with Gasteiger partial charge in [-0.25, -0.2) is 14.5 Å². The highest BCUT2D eigenvalue weighted by atomic mass is 16.1. The first-order valence-electron chi connectivity index (χ1n) is 6.29. The first kappa shape index (κ1) is 11.6. The van der Waals surface area contributed by atoms with Crippen molar-refractivity contribution in [3.05, 3.63) is 48.8 Å². The van der Waals surface area contributed by atoms with Crippen molar-refractivity contribution in [2.45, 2.75) is 0 Å². The van der Waals surface area contributed by atoms with Crippen LogP contribution in [-0.2, 0) is 0 Å². The molecule has 4 heterocycles. The molecule has 0 saturated carbocycles. The van der Waals surface area contributed by atoms with Gasteiger partial charge in [-0.2, -0.15) is 5.10 Å². The Bertz CT molecular complexity index is 983. The van der Waals surface area contributed by atoms with Gasteiger partial charge in [0.2, 0.25) is 0 Å². The van der Waals surface area contributed by atoms with Gasteiger partial charge in [-0.05, 0) is 17.7 Å². The second-order valence-electron chi connectivity index (χ2n) is 4.66. The molecule has 3 N–H and O–H groups in total. The Morgan fingerprint density at radius 2 is 2.24 bits per heavy atom. The monoisotopic (exact) mass is 278 g/mol. The first-order valence-corrected chi connectivity index (χ1v) is 6.29. The summed E-state index contributed by atoms with van der Waals surface area (Å²) in [5, 5.41) is 5.03. The summed E-state index contributed by atoms with van der Waals surface area (Å²) in [6.45, 7) is 0. The van der Waals surface area contributed by atoms with Gasteiger partial charge in [-0.1, -0.05) is 0 Å². The van der Waals surface area contributed by atoms with Crippen LogP contribution in [0.5, 0.6) is 0 Å². The van der Waals surface area contributed by atoms with Gasteiger partial charge < -0.3 is 10.7 Å². The number of nitrogens with two attached hydrogens (primary N) is 1. The molecule has 0 atom stereocenters. The number of hydrogen-bond acceptors (Lipinski definition) is 4. The van der Waals surface area contributed by atoms with Crippen LogP contribution in [0.2, 0.25) is 0 Å².